The molecule has 0 aliphatic carbocycles. The molecule has 0 bridgehead atoms. The molecule has 0 unspecified atom stereocenters. The number of carbonyl (C=O) groups excluding carboxylic acids is 2. The van der Waals surface area contributed by atoms with Gasteiger partial charge in [-0.25, -0.2) is 0 Å². The number of rotatable bonds is 5. The van der Waals surface area contributed by atoms with Crippen LogP contribution < -0.4 is 10.6 Å². The smallest absolute Gasteiger partial charge is 0.270 e. The van der Waals surface area contributed by atoms with Crippen LogP contribution in [0.15, 0.2) is 60.3 Å². The summed E-state index contributed by atoms with van der Waals surface area (Å²) in [6, 6.07) is 16.0. The fraction of sp³-hybridized carbons (Fsp3) is 0.105. The topological polar surface area (TPSA) is 82.0 Å². The Morgan fingerprint density at radius 3 is 2.60 bits per heavy atom. The molecule has 5 nitrogen and oxygen atoms in total. The van der Waals surface area contributed by atoms with Crippen molar-refractivity contribution < 1.29 is 9.59 Å². The predicted octanol–water partition coefficient (Wildman–Crippen LogP) is 3.35. The lowest BCUT2D eigenvalue weighted by Gasteiger charge is -2.07. The monoisotopic (exact) mass is 353 g/mol. The number of nitrogens with one attached hydrogen (secondary N) is 2. The van der Waals surface area contributed by atoms with Crippen molar-refractivity contribution in [3.8, 4) is 6.07 Å². The molecule has 2 aromatic carbocycles. The second-order valence-corrected chi connectivity index (χ2v) is 5.75. The number of halogens is 1. The highest BCUT2D eigenvalue weighted by Crippen LogP contribution is 2.20. The molecule has 2 aromatic rings. The fourth-order valence-corrected chi connectivity index (χ4v) is 2.24. The van der Waals surface area contributed by atoms with Crippen LogP contribution in [-0.2, 0) is 16.0 Å². The van der Waals surface area contributed by atoms with Crippen molar-refractivity contribution in [2.45, 2.75) is 13.3 Å². The molecule has 2 rings (SSSR count). The average Bonchev–Trinajstić information content (AvgIpc) is 2.59. The summed E-state index contributed by atoms with van der Waals surface area (Å²) in [5, 5.41) is 14.7. The van der Waals surface area contributed by atoms with E-state index in [1.165, 1.54) is 6.20 Å². The second-order valence-electron chi connectivity index (χ2n) is 5.31. The van der Waals surface area contributed by atoms with Gasteiger partial charge in [0.1, 0.15) is 11.6 Å². The summed E-state index contributed by atoms with van der Waals surface area (Å²) in [4.78, 5) is 24.0. The Morgan fingerprint density at radius 2 is 1.92 bits per heavy atom. The molecule has 0 spiro atoms. The lowest BCUT2D eigenvalue weighted by molar-refractivity contribution is -0.127. The summed E-state index contributed by atoms with van der Waals surface area (Å²) in [6.45, 7) is 1.86. The molecule has 25 heavy (non-hydrogen) atoms. The zero-order valence-corrected chi connectivity index (χ0v) is 14.3. The van der Waals surface area contributed by atoms with Gasteiger partial charge in [0.15, 0.2) is 0 Å². The Bertz CT molecular complexity index is 855. The number of imide groups is 1. The summed E-state index contributed by atoms with van der Waals surface area (Å²) >= 11 is 5.92. The van der Waals surface area contributed by atoms with Gasteiger partial charge in [-0.05, 0) is 30.2 Å². The molecular formula is C19H16ClN3O2. The molecule has 2 N–H and O–H groups in total. The molecule has 0 fully saturated rings. The molecule has 0 heterocycles. The van der Waals surface area contributed by atoms with E-state index in [-0.39, 0.29) is 12.0 Å². The van der Waals surface area contributed by atoms with Crippen LogP contribution in [0.25, 0.3) is 0 Å². The fourth-order valence-electron chi connectivity index (χ4n) is 2.07. The van der Waals surface area contributed by atoms with E-state index in [0.717, 1.165) is 11.1 Å². The van der Waals surface area contributed by atoms with Gasteiger partial charge in [-0.15, -0.1) is 0 Å². The molecule has 0 saturated heterocycles. The normalized spacial score (nSPS) is 10.7. The summed E-state index contributed by atoms with van der Waals surface area (Å²) in [5.74, 6) is -1.23. The molecular weight excluding hydrogens is 338 g/mol. The van der Waals surface area contributed by atoms with Crippen molar-refractivity contribution in [2.24, 2.45) is 0 Å². The van der Waals surface area contributed by atoms with Crippen molar-refractivity contribution in [3.63, 3.8) is 0 Å². The Morgan fingerprint density at radius 1 is 1.20 bits per heavy atom. The number of amides is 2. The first-order valence-electron chi connectivity index (χ1n) is 7.50. The van der Waals surface area contributed by atoms with Crippen LogP contribution >= 0.6 is 11.6 Å². The minimum Gasteiger partial charge on any atom is -0.360 e. The molecule has 126 valence electrons. The Hall–Kier alpha value is -3.10. The van der Waals surface area contributed by atoms with Gasteiger partial charge in [-0.3, -0.25) is 14.9 Å². The zero-order chi connectivity index (χ0) is 18.2. The van der Waals surface area contributed by atoms with E-state index in [1.54, 1.807) is 30.3 Å². The van der Waals surface area contributed by atoms with Gasteiger partial charge in [0.25, 0.3) is 5.91 Å². The minimum atomic E-state index is -0.754. The molecule has 0 aliphatic rings. The van der Waals surface area contributed by atoms with Gasteiger partial charge < -0.3 is 5.32 Å². The maximum atomic E-state index is 12.1. The zero-order valence-electron chi connectivity index (χ0n) is 13.5. The van der Waals surface area contributed by atoms with Crippen LogP contribution in [0.1, 0.15) is 11.1 Å². The first-order valence-corrected chi connectivity index (χ1v) is 7.88. The maximum Gasteiger partial charge on any atom is 0.270 e. The van der Waals surface area contributed by atoms with Gasteiger partial charge >= 0.3 is 0 Å². The summed E-state index contributed by atoms with van der Waals surface area (Å²) in [6.07, 6.45) is 1.32. The SMILES string of the molecule is Cc1ccc(Cl)cc1NC=C(C#N)C(=O)NC(=O)Cc1ccccc1. The number of hydrogen-bond acceptors (Lipinski definition) is 4. The van der Waals surface area contributed by atoms with Crippen LogP contribution in [0, 0.1) is 18.3 Å². The van der Waals surface area contributed by atoms with Crippen molar-refractivity contribution in [3.05, 3.63) is 76.5 Å². The van der Waals surface area contributed by atoms with Gasteiger partial charge in [0, 0.05) is 16.9 Å². The number of nitrogens with zero attached hydrogens (tertiary/aromatic N) is 1. The van der Waals surface area contributed by atoms with Gasteiger partial charge in [0.05, 0.1) is 6.42 Å². The van der Waals surface area contributed by atoms with Gasteiger partial charge in [0.2, 0.25) is 5.91 Å². The Balaban J connectivity index is 2.01. The standard InChI is InChI=1S/C19H16ClN3O2/c1-13-7-8-16(20)10-17(13)22-12-15(11-21)19(25)23-18(24)9-14-5-3-2-4-6-14/h2-8,10,12,22H,9H2,1H3,(H,23,24,25). The van der Waals surface area contributed by atoms with Crippen molar-refractivity contribution in [1.82, 2.24) is 5.32 Å². The summed E-state index contributed by atoms with van der Waals surface area (Å²) < 4.78 is 0. The third kappa shape index (κ3) is 5.48. The largest absolute Gasteiger partial charge is 0.360 e. The van der Waals surface area contributed by atoms with Gasteiger partial charge in [-0.2, -0.15) is 5.26 Å². The first-order chi connectivity index (χ1) is 12.0. The van der Waals surface area contributed by atoms with E-state index in [1.807, 2.05) is 31.2 Å². The van der Waals surface area contributed by atoms with E-state index in [0.29, 0.717) is 10.7 Å². The minimum absolute atomic E-state index is 0.0616. The third-order valence-corrected chi connectivity index (χ3v) is 3.63. The average molecular weight is 354 g/mol. The number of anilines is 1. The molecule has 0 aliphatic heterocycles. The number of hydrogen-bond donors (Lipinski definition) is 2. The lowest BCUT2D eigenvalue weighted by Crippen LogP contribution is -2.32. The van der Waals surface area contributed by atoms with Crippen LogP contribution in [0.5, 0.6) is 0 Å². The highest BCUT2D eigenvalue weighted by atomic mass is 35.5. The molecule has 2 amide bonds. The summed E-state index contributed by atoms with van der Waals surface area (Å²) in [7, 11) is 0. The molecule has 0 atom stereocenters. The van der Waals surface area contributed by atoms with Crippen LogP contribution in [-0.4, -0.2) is 11.8 Å². The maximum absolute atomic E-state index is 12.1. The molecule has 0 radical (unpaired) electrons. The molecule has 6 heteroatoms. The number of nitriles is 1. The predicted molar refractivity (Wildman–Crippen MR) is 96.8 cm³/mol. The quantitative estimate of drug-likeness (QED) is 0.638. The van der Waals surface area contributed by atoms with Crippen LogP contribution in [0.3, 0.4) is 0 Å². The van der Waals surface area contributed by atoms with Crippen molar-refractivity contribution in [1.29, 1.82) is 5.26 Å². The van der Waals surface area contributed by atoms with Gasteiger partial charge in [-0.1, -0.05) is 48.0 Å². The highest BCUT2D eigenvalue weighted by Gasteiger charge is 2.13. The van der Waals surface area contributed by atoms with Crippen LogP contribution in [0.4, 0.5) is 5.69 Å². The van der Waals surface area contributed by atoms with E-state index in [9.17, 15) is 9.59 Å². The van der Waals surface area contributed by atoms with E-state index in [4.69, 9.17) is 16.9 Å². The Kier molecular flexibility index (Phi) is 6.33. The number of carbonyl (C=O) groups is 2. The second kappa shape index (κ2) is 8.67. The molecule has 0 saturated carbocycles. The van der Waals surface area contributed by atoms with Crippen LogP contribution in [0.2, 0.25) is 5.02 Å². The van der Waals surface area contributed by atoms with E-state index in [2.05, 4.69) is 10.6 Å². The summed E-state index contributed by atoms with van der Waals surface area (Å²) in [5.41, 5.74) is 2.14. The number of aryl methyl sites for hydroxylation is 1. The van der Waals surface area contributed by atoms with Crippen molar-refractivity contribution in [2.75, 3.05) is 5.32 Å². The molecule has 0 aromatic heterocycles. The van der Waals surface area contributed by atoms with E-state index < -0.39 is 11.8 Å². The Labute approximate surface area is 150 Å². The van der Waals surface area contributed by atoms with E-state index >= 15 is 0 Å². The number of benzene rings is 2. The third-order valence-electron chi connectivity index (χ3n) is 3.40. The highest BCUT2D eigenvalue weighted by molar-refractivity contribution is 6.30. The first kappa shape index (κ1) is 18.2. The lowest BCUT2D eigenvalue weighted by atomic mass is 10.1. The van der Waals surface area contributed by atoms with Crippen molar-refractivity contribution >= 4 is 29.1 Å².